The number of rotatable bonds is 8. The van der Waals surface area contributed by atoms with Crippen LogP contribution in [0.5, 0.6) is 5.88 Å². The molecule has 1 amide bonds. The summed E-state index contributed by atoms with van der Waals surface area (Å²) in [5.74, 6) is -0.660. The fourth-order valence-electron chi connectivity index (χ4n) is 4.53. The van der Waals surface area contributed by atoms with Crippen LogP contribution < -0.4 is 5.32 Å². The standard InChI is InChI=1S/C32H29FN4O2/c1-37(2)20-21-11-14-26(15-12-21)35-30(29-27-16-13-25(33)18-28(27)36-32(29)39)24-10-6-7-22(17-24)19-34-31(38)23-8-4-3-5-9-23/h3-18,36,39H,19-20H2,1-2H3,(H,34,38). The van der Waals surface area contributed by atoms with E-state index in [4.69, 9.17) is 4.99 Å². The highest BCUT2D eigenvalue weighted by Crippen LogP contribution is 2.32. The maximum absolute atomic E-state index is 13.9. The van der Waals surface area contributed by atoms with Crippen LogP contribution in [0.2, 0.25) is 0 Å². The summed E-state index contributed by atoms with van der Waals surface area (Å²) >= 11 is 0. The molecule has 0 atom stereocenters. The number of aromatic amines is 1. The molecule has 1 heterocycles. The van der Waals surface area contributed by atoms with E-state index in [0.717, 1.165) is 23.2 Å². The number of amides is 1. The Bertz CT molecular complexity index is 1640. The molecule has 5 aromatic rings. The molecule has 6 nitrogen and oxygen atoms in total. The van der Waals surface area contributed by atoms with Crippen LogP contribution in [0.15, 0.2) is 102 Å². The third-order valence-electron chi connectivity index (χ3n) is 6.34. The second-order valence-corrected chi connectivity index (χ2v) is 9.65. The highest BCUT2D eigenvalue weighted by Gasteiger charge is 2.19. The van der Waals surface area contributed by atoms with Gasteiger partial charge < -0.3 is 20.3 Å². The minimum Gasteiger partial charge on any atom is -0.494 e. The van der Waals surface area contributed by atoms with E-state index in [9.17, 15) is 14.3 Å². The van der Waals surface area contributed by atoms with E-state index in [1.165, 1.54) is 12.1 Å². The van der Waals surface area contributed by atoms with E-state index < -0.39 is 5.82 Å². The van der Waals surface area contributed by atoms with Crippen molar-refractivity contribution in [3.05, 3.63) is 131 Å². The van der Waals surface area contributed by atoms with E-state index in [0.29, 0.717) is 40.0 Å². The quantitative estimate of drug-likeness (QED) is 0.214. The Balaban J connectivity index is 1.53. The van der Waals surface area contributed by atoms with Crippen LogP contribution in [-0.2, 0) is 13.1 Å². The Hall–Kier alpha value is -4.75. The van der Waals surface area contributed by atoms with Crippen molar-refractivity contribution in [2.45, 2.75) is 13.1 Å². The SMILES string of the molecule is CN(C)Cc1ccc(N=C(c2cccc(CNC(=O)c3ccccc3)c2)c2c(O)[nH]c3cc(F)ccc23)cc1. The zero-order valence-electron chi connectivity index (χ0n) is 21.8. The minimum absolute atomic E-state index is 0.0960. The number of halogens is 1. The largest absolute Gasteiger partial charge is 0.494 e. The first-order valence-electron chi connectivity index (χ1n) is 12.6. The van der Waals surface area contributed by atoms with Gasteiger partial charge in [0.05, 0.1) is 22.5 Å². The van der Waals surface area contributed by atoms with E-state index in [1.807, 2.05) is 80.8 Å². The third kappa shape index (κ3) is 6.05. The molecule has 0 unspecified atom stereocenters. The van der Waals surface area contributed by atoms with Crippen LogP contribution in [-0.4, -0.2) is 40.7 Å². The van der Waals surface area contributed by atoms with Crippen molar-refractivity contribution < 1.29 is 14.3 Å². The summed E-state index contributed by atoms with van der Waals surface area (Å²) in [7, 11) is 4.03. The van der Waals surface area contributed by atoms with Crippen molar-refractivity contribution in [3.63, 3.8) is 0 Å². The third-order valence-corrected chi connectivity index (χ3v) is 6.34. The molecule has 0 saturated carbocycles. The molecule has 0 bridgehead atoms. The Kier molecular flexibility index (Phi) is 7.52. The first-order valence-corrected chi connectivity index (χ1v) is 12.6. The molecule has 0 fully saturated rings. The number of carbonyl (C=O) groups is 1. The lowest BCUT2D eigenvalue weighted by Gasteiger charge is -2.12. The molecule has 0 aliphatic heterocycles. The zero-order valence-corrected chi connectivity index (χ0v) is 21.8. The fourth-order valence-corrected chi connectivity index (χ4v) is 4.53. The van der Waals surface area contributed by atoms with Crippen LogP contribution >= 0.6 is 0 Å². The van der Waals surface area contributed by atoms with Gasteiger partial charge in [0.2, 0.25) is 0 Å². The van der Waals surface area contributed by atoms with E-state index >= 15 is 0 Å². The van der Waals surface area contributed by atoms with Gasteiger partial charge in [0.25, 0.3) is 5.91 Å². The normalized spacial score (nSPS) is 11.7. The Morgan fingerprint density at radius 2 is 1.64 bits per heavy atom. The van der Waals surface area contributed by atoms with Crippen molar-refractivity contribution in [2.75, 3.05) is 14.1 Å². The van der Waals surface area contributed by atoms with Crippen LogP contribution in [0.4, 0.5) is 10.1 Å². The first-order chi connectivity index (χ1) is 18.9. The summed E-state index contributed by atoms with van der Waals surface area (Å²) in [6.07, 6.45) is 0. The minimum atomic E-state index is -0.401. The monoisotopic (exact) mass is 520 g/mol. The van der Waals surface area contributed by atoms with Gasteiger partial charge in [-0.15, -0.1) is 0 Å². The van der Waals surface area contributed by atoms with E-state index in [-0.39, 0.29) is 11.8 Å². The molecule has 4 aromatic carbocycles. The predicted octanol–water partition coefficient (Wildman–Crippen LogP) is 6.17. The molecule has 196 valence electrons. The lowest BCUT2D eigenvalue weighted by molar-refractivity contribution is 0.0951. The number of aromatic nitrogens is 1. The Labute approximate surface area is 226 Å². The summed E-state index contributed by atoms with van der Waals surface area (Å²) in [6, 6.07) is 29.0. The molecule has 39 heavy (non-hydrogen) atoms. The van der Waals surface area contributed by atoms with Gasteiger partial charge in [-0.3, -0.25) is 4.79 Å². The van der Waals surface area contributed by atoms with Crippen LogP contribution in [0.25, 0.3) is 10.9 Å². The van der Waals surface area contributed by atoms with E-state index in [2.05, 4.69) is 15.2 Å². The predicted molar refractivity (Wildman–Crippen MR) is 153 cm³/mol. The molecule has 5 rings (SSSR count). The van der Waals surface area contributed by atoms with Crippen molar-refractivity contribution in [2.24, 2.45) is 4.99 Å². The van der Waals surface area contributed by atoms with Crippen molar-refractivity contribution >= 4 is 28.2 Å². The maximum Gasteiger partial charge on any atom is 0.251 e. The zero-order chi connectivity index (χ0) is 27.4. The summed E-state index contributed by atoms with van der Waals surface area (Å²) in [5, 5.41) is 14.5. The van der Waals surface area contributed by atoms with Crippen LogP contribution in [0, 0.1) is 5.82 Å². The summed E-state index contributed by atoms with van der Waals surface area (Å²) in [6.45, 7) is 1.13. The maximum atomic E-state index is 13.9. The number of aliphatic imine (C=N–C) groups is 1. The van der Waals surface area contributed by atoms with Gasteiger partial charge in [0.15, 0.2) is 5.88 Å². The number of carbonyl (C=O) groups excluding carboxylic acids is 1. The number of hydrogen-bond acceptors (Lipinski definition) is 4. The van der Waals surface area contributed by atoms with Crippen molar-refractivity contribution in [3.8, 4) is 5.88 Å². The van der Waals surface area contributed by atoms with Gasteiger partial charge >= 0.3 is 0 Å². The van der Waals surface area contributed by atoms with Gasteiger partial charge in [-0.2, -0.15) is 0 Å². The van der Waals surface area contributed by atoms with Crippen LogP contribution in [0.1, 0.15) is 32.6 Å². The second kappa shape index (κ2) is 11.3. The smallest absolute Gasteiger partial charge is 0.251 e. The van der Waals surface area contributed by atoms with Gasteiger partial charge in [0, 0.05) is 29.6 Å². The topological polar surface area (TPSA) is 80.7 Å². The van der Waals surface area contributed by atoms with Crippen molar-refractivity contribution in [1.82, 2.24) is 15.2 Å². The molecule has 0 spiro atoms. The fraction of sp³-hybridized carbons (Fsp3) is 0.125. The molecule has 3 N–H and O–H groups in total. The van der Waals surface area contributed by atoms with Gasteiger partial charge in [0.1, 0.15) is 5.82 Å². The molecular formula is C32H29FN4O2. The number of benzene rings is 4. The highest BCUT2D eigenvalue weighted by molar-refractivity contribution is 6.22. The lowest BCUT2D eigenvalue weighted by atomic mass is 9.99. The van der Waals surface area contributed by atoms with Gasteiger partial charge in [-0.1, -0.05) is 48.5 Å². The van der Waals surface area contributed by atoms with Crippen LogP contribution in [0.3, 0.4) is 0 Å². The molecular weight excluding hydrogens is 491 g/mol. The summed E-state index contributed by atoms with van der Waals surface area (Å²) < 4.78 is 13.9. The lowest BCUT2D eigenvalue weighted by Crippen LogP contribution is -2.22. The number of aromatic hydroxyl groups is 1. The Morgan fingerprint density at radius 3 is 2.38 bits per heavy atom. The number of fused-ring (bicyclic) bond motifs is 1. The van der Waals surface area contributed by atoms with Crippen molar-refractivity contribution in [1.29, 1.82) is 0 Å². The first kappa shape index (κ1) is 25.9. The summed E-state index contributed by atoms with van der Waals surface area (Å²) in [5.41, 5.74) is 5.56. The average molecular weight is 521 g/mol. The van der Waals surface area contributed by atoms with Gasteiger partial charge in [-0.05, 0) is 73.8 Å². The molecule has 0 aliphatic rings. The number of nitrogens with zero attached hydrogens (tertiary/aromatic N) is 2. The number of hydrogen-bond donors (Lipinski definition) is 3. The second-order valence-electron chi connectivity index (χ2n) is 9.65. The van der Waals surface area contributed by atoms with Gasteiger partial charge in [-0.25, -0.2) is 9.38 Å². The summed E-state index contributed by atoms with van der Waals surface area (Å²) in [4.78, 5) is 22.5. The average Bonchev–Trinajstić information content (AvgIpc) is 3.26. The molecule has 7 heteroatoms. The number of nitrogens with one attached hydrogen (secondary N) is 2. The van der Waals surface area contributed by atoms with E-state index in [1.54, 1.807) is 18.2 Å². The Morgan fingerprint density at radius 1 is 0.897 bits per heavy atom. The number of H-pyrrole nitrogens is 1. The highest BCUT2D eigenvalue weighted by atomic mass is 19.1. The molecule has 0 aliphatic carbocycles. The molecule has 0 saturated heterocycles. The molecule has 0 radical (unpaired) electrons. The molecule has 1 aromatic heterocycles.